The van der Waals surface area contributed by atoms with Gasteiger partial charge in [-0.25, -0.2) is 9.97 Å². The summed E-state index contributed by atoms with van der Waals surface area (Å²) in [6, 6.07) is 10.5. The van der Waals surface area contributed by atoms with Crippen LogP contribution < -0.4 is 10.2 Å². The van der Waals surface area contributed by atoms with Gasteiger partial charge in [0.05, 0.1) is 0 Å². The number of rotatable bonds is 4. The molecule has 1 fully saturated rings. The van der Waals surface area contributed by atoms with E-state index < -0.39 is 0 Å². The molecule has 0 spiro atoms. The molecule has 104 valence electrons. The maximum Gasteiger partial charge on any atom is 0.225 e. The molecule has 20 heavy (non-hydrogen) atoms. The number of piperazine rings is 1. The number of hydrogen-bond donors (Lipinski definition) is 1. The van der Waals surface area contributed by atoms with Crippen LogP contribution in [0.5, 0.6) is 0 Å². The fourth-order valence-electron chi connectivity index (χ4n) is 2.44. The first kappa shape index (κ1) is 13.1. The molecule has 2 heterocycles. The van der Waals surface area contributed by atoms with E-state index in [1.54, 1.807) is 0 Å². The Morgan fingerprint density at radius 2 is 1.55 bits per heavy atom. The molecule has 2 aromatic rings. The normalized spacial score (nSPS) is 15.3. The van der Waals surface area contributed by atoms with Crippen molar-refractivity contribution in [3.63, 3.8) is 0 Å². The summed E-state index contributed by atoms with van der Waals surface area (Å²) in [4.78, 5) is 11.2. The maximum absolute atomic E-state index is 4.50. The molecule has 1 aliphatic rings. The van der Waals surface area contributed by atoms with Crippen molar-refractivity contribution in [3.05, 3.63) is 53.9 Å². The van der Waals surface area contributed by atoms with E-state index in [0.717, 1.165) is 45.0 Å². The zero-order chi connectivity index (χ0) is 13.6. The Kier molecular flexibility index (Phi) is 4.23. The molecular weight excluding hydrogens is 248 g/mol. The Balaban J connectivity index is 1.58. The van der Waals surface area contributed by atoms with Crippen LogP contribution in [-0.2, 0) is 12.8 Å². The summed E-state index contributed by atoms with van der Waals surface area (Å²) in [5, 5.41) is 3.34. The smallest absolute Gasteiger partial charge is 0.225 e. The second-order valence-electron chi connectivity index (χ2n) is 5.11. The van der Waals surface area contributed by atoms with Gasteiger partial charge in [0.15, 0.2) is 0 Å². The SMILES string of the molecule is c1ccc(CCc2cnc(N3CCNCC3)nc2)cc1. The van der Waals surface area contributed by atoms with Crippen LogP contribution in [0.4, 0.5) is 5.95 Å². The quantitative estimate of drug-likeness (QED) is 0.916. The third-order valence-corrected chi connectivity index (χ3v) is 3.64. The number of nitrogens with one attached hydrogen (secondary N) is 1. The van der Waals surface area contributed by atoms with Crippen LogP contribution in [0.1, 0.15) is 11.1 Å². The molecule has 0 amide bonds. The Morgan fingerprint density at radius 1 is 0.900 bits per heavy atom. The minimum Gasteiger partial charge on any atom is -0.338 e. The molecule has 0 unspecified atom stereocenters. The molecule has 0 radical (unpaired) electrons. The predicted octanol–water partition coefficient (Wildman–Crippen LogP) is 1.67. The van der Waals surface area contributed by atoms with Gasteiger partial charge in [-0.15, -0.1) is 0 Å². The minimum atomic E-state index is 0.856. The largest absolute Gasteiger partial charge is 0.338 e. The van der Waals surface area contributed by atoms with E-state index in [2.05, 4.69) is 50.5 Å². The van der Waals surface area contributed by atoms with Crippen molar-refractivity contribution >= 4 is 5.95 Å². The van der Waals surface area contributed by atoms with Gasteiger partial charge in [-0.05, 0) is 24.0 Å². The summed E-state index contributed by atoms with van der Waals surface area (Å²) in [5.74, 6) is 0.856. The lowest BCUT2D eigenvalue weighted by Gasteiger charge is -2.27. The first-order valence-corrected chi connectivity index (χ1v) is 7.22. The lowest BCUT2D eigenvalue weighted by Crippen LogP contribution is -2.44. The zero-order valence-electron chi connectivity index (χ0n) is 11.6. The van der Waals surface area contributed by atoms with Crippen LogP contribution in [0.25, 0.3) is 0 Å². The first-order chi connectivity index (χ1) is 9.92. The van der Waals surface area contributed by atoms with E-state index in [4.69, 9.17) is 0 Å². The van der Waals surface area contributed by atoms with Gasteiger partial charge in [-0.3, -0.25) is 0 Å². The standard InChI is InChI=1S/C16H20N4/c1-2-4-14(5-3-1)6-7-15-12-18-16(19-13-15)20-10-8-17-9-11-20/h1-5,12-13,17H,6-11H2. The summed E-state index contributed by atoms with van der Waals surface area (Å²) >= 11 is 0. The number of benzene rings is 1. The Bertz CT molecular complexity index is 518. The average molecular weight is 268 g/mol. The second-order valence-corrected chi connectivity index (χ2v) is 5.11. The Hall–Kier alpha value is -1.94. The first-order valence-electron chi connectivity index (χ1n) is 7.22. The van der Waals surface area contributed by atoms with Crippen LogP contribution in [0.15, 0.2) is 42.7 Å². The van der Waals surface area contributed by atoms with Gasteiger partial charge in [-0.1, -0.05) is 30.3 Å². The van der Waals surface area contributed by atoms with E-state index in [1.165, 1.54) is 11.1 Å². The third kappa shape index (κ3) is 3.33. The topological polar surface area (TPSA) is 41.1 Å². The summed E-state index contributed by atoms with van der Waals surface area (Å²) in [7, 11) is 0. The molecule has 0 atom stereocenters. The summed E-state index contributed by atoms with van der Waals surface area (Å²) in [6.45, 7) is 4.00. The van der Waals surface area contributed by atoms with Crippen molar-refractivity contribution in [2.45, 2.75) is 12.8 Å². The van der Waals surface area contributed by atoms with E-state index in [1.807, 2.05) is 12.4 Å². The van der Waals surface area contributed by atoms with Crippen LogP contribution in [0.2, 0.25) is 0 Å². The van der Waals surface area contributed by atoms with Gasteiger partial charge in [-0.2, -0.15) is 0 Å². The lowest BCUT2D eigenvalue weighted by molar-refractivity contribution is 0.579. The molecule has 3 rings (SSSR count). The monoisotopic (exact) mass is 268 g/mol. The maximum atomic E-state index is 4.50. The highest BCUT2D eigenvalue weighted by Crippen LogP contribution is 2.10. The van der Waals surface area contributed by atoms with E-state index >= 15 is 0 Å². The highest BCUT2D eigenvalue weighted by molar-refractivity contribution is 5.31. The third-order valence-electron chi connectivity index (χ3n) is 3.64. The summed E-state index contributed by atoms with van der Waals surface area (Å²) in [5.41, 5.74) is 2.56. The Labute approximate surface area is 119 Å². The molecule has 0 bridgehead atoms. The highest BCUT2D eigenvalue weighted by atomic mass is 15.3. The number of hydrogen-bond acceptors (Lipinski definition) is 4. The molecule has 1 saturated heterocycles. The molecule has 1 aliphatic heterocycles. The highest BCUT2D eigenvalue weighted by Gasteiger charge is 2.12. The van der Waals surface area contributed by atoms with Crippen molar-refractivity contribution < 1.29 is 0 Å². The van der Waals surface area contributed by atoms with Crippen LogP contribution in [0, 0.1) is 0 Å². The zero-order valence-corrected chi connectivity index (χ0v) is 11.6. The number of nitrogens with zero attached hydrogens (tertiary/aromatic N) is 3. The van der Waals surface area contributed by atoms with Gasteiger partial charge >= 0.3 is 0 Å². The molecule has 4 nitrogen and oxygen atoms in total. The summed E-state index contributed by atoms with van der Waals surface area (Å²) in [6.07, 6.45) is 5.96. The fourth-order valence-corrected chi connectivity index (χ4v) is 2.44. The van der Waals surface area contributed by atoms with E-state index in [9.17, 15) is 0 Å². The van der Waals surface area contributed by atoms with Crippen molar-refractivity contribution in [2.24, 2.45) is 0 Å². The van der Waals surface area contributed by atoms with Gasteiger partial charge in [0.25, 0.3) is 0 Å². The van der Waals surface area contributed by atoms with Crippen molar-refractivity contribution in [1.82, 2.24) is 15.3 Å². The van der Waals surface area contributed by atoms with Crippen LogP contribution >= 0.6 is 0 Å². The number of aryl methyl sites for hydroxylation is 2. The van der Waals surface area contributed by atoms with Gasteiger partial charge < -0.3 is 10.2 Å². The molecular formula is C16H20N4. The molecule has 0 saturated carbocycles. The van der Waals surface area contributed by atoms with Crippen molar-refractivity contribution in [2.75, 3.05) is 31.1 Å². The molecule has 1 aromatic carbocycles. The molecule has 0 aliphatic carbocycles. The van der Waals surface area contributed by atoms with Crippen LogP contribution in [0.3, 0.4) is 0 Å². The summed E-state index contributed by atoms with van der Waals surface area (Å²) < 4.78 is 0. The van der Waals surface area contributed by atoms with Crippen molar-refractivity contribution in [1.29, 1.82) is 0 Å². The molecule has 1 aromatic heterocycles. The fraction of sp³-hybridized carbons (Fsp3) is 0.375. The molecule has 1 N–H and O–H groups in total. The van der Waals surface area contributed by atoms with E-state index in [0.29, 0.717) is 0 Å². The van der Waals surface area contributed by atoms with Crippen molar-refractivity contribution in [3.8, 4) is 0 Å². The van der Waals surface area contributed by atoms with E-state index in [-0.39, 0.29) is 0 Å². The van der Waals surface area contributed by atoms with Gasteiger partial charge in [0.1, 0.15) is 0 Å². The number of anilines is 1. The Morgan fingerprint density at radius 3 is 2.25 bits per heavy atom. The van der Waals surface area contributed by atoms with Gasteiger partial charge in [0, 0.05) is 38.6 Å². The lowest BCUT2D eigenvalue weighted by atomic mass is 10.1. The number of aromatic nitrogens is 2. The van der Waals surface area contributed by atoms with Crippen LogP contribution in [-0.4, -0.2) is 36.1 Å². The predicted molar refractivity (Wildman–Crippen MR) is 81.0 cm³/mol. The average Bonchev–Trinajstić information content (AvgIpc) is 2.55. The second kappa shape index (κ2) is 6.48. The molecule has 4 heteroatoms. The minimum absolute atomic E-state index is 0.856. The van der Waals surface area contributed by atoms with Gasteiger partial charge in [0.2, 0.25) is 5.95 Å².